The molecule has 0 aromatic carbocycles. The number of rotatable bonds is 9. The van der Waals surface area contributed by atoms with E-state index in [4.69, 9.17) is 0 Å². The molecule has 0 radical (unpaired) electrons. The Bertz CT molecular complexity index is 401. The molecule has 0 aromatic rings. The van der Waals surface area contributed by atoms with Crippen LogP contribution in [0.1, 0.15) is 46.0 Å². The summed E-state index contributed by atoms with van der Waals surface area (Å²) in [4.78, 5) is 0. The van der Waals surface area contributed by atoms with Crippen molar-refractivity contribution >= 4 is 10.2 Å². The van der Waals surface area contributed by atoms with Gasteiger partial charge in [-0.1, -0.05) is 13.8 Å². The number of hydrogen-bond donors (Lipinski definition) is 1. The van der Waals surface area contributed by atoms with Crippen molar-refractivity contribution in [2.24, 2.45) is 11.8 Å². The first kappa shape index (κ1) is 17.2. The molecule has 0 amide bonds. The molecule has 0 unspecified atom stereocenters. The van der Waals surface area contributed by atoms with Crippen LogP contribution in [0.5, 0.6) is 0 Å². The molecule has 2 rings (SSSR count). The summed E-state index contributed by atoms with van der Waals surface area (Å²) < 4.78 is 28.8. The van der Waals surface area contributed by atoms with Gasteiger partial charge in [-0.25, -0.2) is 0 Å². The Labute approximate surface area is 130 Å². The van der Waals surface area contributed by atoms with Gasteiger partial charge < -0.3 is 5.32 Å². The van der Waals surface area contributed by atoms with Crippen LogP contribution in [0.25, 0.3) is 0 Å². The lowest BCUT2D eigenvalue weighted by molar-refractivity contribution is 0.249. The van der Waals surface area contributed by atoms with Crippen LogP contribution in [0.2, 0.25) is 0 Å². The fourth-order valence-electron chi connectivity index (χ4n) is 2.97. The van der Waals surface area contributed by atoms with Gasteiger partial charge in [0, 0.05) is 26.2 Å². The smallest absolute Gasteiger partial charge is 0.281 e. The first-order valence-corrected chi connectivity index (χ1v) is 9.93. The Morgan fingerprint density at radius 1 is 1.10 bits per heavy atom. The van der Waals surface area contributed by atoms with Crippen molar-refractivity contribution in [3.63, 3.8) is 0 Å². The molecule has 1 N–H and O–H groups in total. The van der Waals surface area contributed by atoms with E-state index in [0.717, 1.165) is 38.9 Å². The third-order valence-electron chi connectivity index (χ3n) is 4.60. The highest BCUT2D eigenvalue weighted by Gasteiger charge is 2.35. The summed E-state index contributed by atoms with van der Waals surface area (Å²) in [5.74, 6) is 1.23. The van der Waals surface area contributed by atoms with E-state index in [2.05, 4.69) is 12.2 Å². The lowest BCUT2D eigenvalue weighted by atomic mass is 9.98. The largest absolute Gasteiger partial charge is 0.316 e. The van der Waals surface area contributed by atoms with Gasteiger partial charge in [-0.15, -0.1) is 0 Å². The van der Waals surface area contributed by atoms with Crippen LogP contribution in [0.15, 0.2) is 0 Å². The molecule has 21 heavy (non-hydrogen) atoms. The second-order valence-corrected chi connectivity index (χ2v) is 8.38. The molecule has 5 nitrogen and oxygen atoms in total. The predicted octanol–water partition coefficient (Wildman–Crippen LogP) is 1.67. The fraction of sp³-hybridized carbons (Fsp3) is 1.00. The van der Waals surface area contributed by atoms with Crippen molar-refractivity contribution in [2.45, 2.75) is 46.0 Å². The molecule has 0 spiro atoms. The second kappa shape index (κ2) is 7.90. The van der Waals surface area contributed by atoms with Crippen molar-refractivity contribution in [1.29, 1.82) is 0 Å². The highest BCUT2D eigenvalue weighted by Crippen LogP contribution is 2.31. The van der Waals surface area contributed by atoms with Crippen LogP contribution < -0.4 is 5.32 Å². The minimum Gasteiger partial charge on any atom is -0.316 e. The van der Waals surface area contributed by atoms with Crippen molar-refractivity contribution < 1.29 is 8.42 Å². The summed E-state index contributed by atoms with van der Waals surface area (Å²) in [5, 5.41) is 3.45. The standard InChI is InChI=1S/C15H31N3O2S/c1-3-9-16-12-14-7-10-18(11-8-14)21(19,20)17(4-2)13-15-5-6-15/h14-16H,3-13H2,1-2H3. The monoisotopic (exact) mass is 317 g/mol. The van der Waals surface area contributed by atoms with Gasteiger partial charge in [0.1, 0.15) is 0 Å². The predicted molar refractivity (Wildman–Crippen MR) is 86.3 cm³/mol. The minimum absolute atomic E-state index is 0.594. The summed E-state index contributed by atoms with van der Waals surface area (Å²) in [7, 11) is -3.23. The summed E-state index contributed by atoms with van der Waals surface area (Å²) in [6.45, 7) is 8.88. The van der Waals surface area contributed by atoms with Crippen LogP contribution in [-0.4, -0.2) is 56.3 Å². The van der Waals surface area contributed by atoms with E-state index < -0.39 is 10.2 Å². The van der Waals surface area contributed by atoms with Gasteiger partial charge in [0.05, 0.1) is 0 Å². The third kappa shape index (κ3) is 4.91. The van der Waals surface area contributed by atoms with Gasteiger partial charge in [-0.05, 0) is 57.0 Å². The zero-order chi connectivity index (χ0) is 15.3. The molecule has 1 aliphatic heterocycles. The summed E-state index contributed by atoms with van der Waals surface area (Å²) in [6, 6.07) is 0. The van der Waals surface area contributed by atoms with Gasteiger partial charge in [0.25, 0.3) is 10.2 Å². The van der Waals surface area contributed by atoms with Crippen molar-refractivity contribution in [2.75, 3.05) is 39.3 Å². The summed E-state index contributed by atoms with van der Waals surface area (Å²) in [6.07, 6.45) is 5.50. The van der Waals surface area contributed by atoms with Crippen molar-refractivity contribution in [3.8, 4) is 0 Å². The average molecular weight is 317 g/mol. The molecule has 6 heteroatoms. The first-order chi connectivity index (χ1) is 10.1. The molecular weight excluding hydrogens is 286 g/mol. The Morgan fingerprint density at radius 2 is 1.76 bits per heavy atom. The molecule has 2 fully saturated rings. The molecule has 1 saturated carbocycles. The Kier molecular flexibility index (Phi) is 6.47. The number of nitrogens with zero attached hydrogens (tertiary/aromatic N) is 2. The molecule has 1 heterocycles. The van der Waals surface area contributed by atoms with E-state index in [1.807, 2.05) is 6.92 Å². The summed E-state index contributed by atoms with van der Waals surface area (Å²) >= 11 is 0. The lowest BCUT2D eigenvalue weighted by Gasteiger charge is -2.34. The zero-order valence-corrected chi connectivity index (χ0v) is 14.4. The van der Waals surface area contributed by atoms with Crippen LogP contribution in [0.3, 0.4) is 0 Å². The lowest BCUT2D eigenvalue weighted by Crippen LogP contribution is -2.48. The fourth-order valence-corrected chi connectivity index (χ4v) is 4.69. The van der Waals surface area contributed by atoms with Gasteiger partial charge >= 0.3 is 0 Å². The molecule has 0 bridgehead atoms. The molecule has 124 valence electrons. The van der Waals surface area contributed by atoms with E-state index in [9.17, 15) is 8.42 Å². The van der Waals surface area contributed by atoms with Gasteiger partial charge in [0.15, 0.2) is 0 Å². The Hall–Kier alpha value is -0.170. The van der Waals surface area contributed by atoms with Gasteiger partial charge in [-0.3, -0.25) is 0 Å². The zero-order valence-electron chi connectivity index (χ0n) is 13.6. The maximum atomic E-state index is 12.7. The highest BCUT2D eigenvalue weighted by molar-refractivity contribution is 7.86. The highest BCUT2D eigenvalue weighted by atomic mass is 32.2. The topological polar surface area (TPSA) is 52.7 Å². The maximum Gasteiger partial charge on any atom is 0.281 e. The first-order valence-electron chi connectivity index (χ1n) is 8.53. The number of nitrogens with one attached hydrogen (secondary N) is 1. The van der Waals surface area contributed by atoms with E-state index in [1.165, 1.54) is 12.8 Å². The molecule has 1 aliphatic carbocycles. The number of hydrogen-bond acceptors (Lipinski definition) is 3. The van der Waals surface area contributed by atoms with Crippen LogP contribution in [-0.2, 0) is 10.2 Å². The SMILES string of the molecule is CCCNCC1CCN(S(=O)(=O)N(CC)CC2CC2)CC1. The normalized spacial score (nSPS) is 22.0. The Morgan fingerprint density at radius 3 is 2.29 bits per heavy atom. The minimum atomic E-state index is -3.23. The maximum absolute atomic E-state index is 12.7. The van der Waals surface area contributed by atoms with Crippen LogP contribution >= 0.6 is 0 Å². The Balaban J connectivity index is 1.81. The van der Waals surface area contributed by atoms with Crippen molar-refractivity contribution in [1.82, 2.24) is 13.9 Å². The molecular formula is C15H31N3O2S. The molecule has 0 aromatic heterocycles. The third-order valence-corrected chi connectivity index (χ3v) is 6.67. The second-order valence-electron chi connectivity index (χ2n) is 6.45. The van der Waals surface area contributed by atoms with Crippen LogP contribution in [0.4, 0.5) is 0 Å². The molecule has 1 saturated heterocycles. The van der Waals surface area contributed by atoms with Gasteiger partial charge in [0.2, 0.25) is 0 Å². The van der Waals surface area contributed by atoms with Gasteiger partial charge in [-0.2, -0.15) is 17.0 Å². The van der Waals surface area contributed by atoms with E-state index in [-0.39, 0.29) is 0 Å². The number of piperidine rings is 1. The van der Waals surface area contributed by atoms with Crippen LogP contribution in [0, 0.1) is 11.8 Å². The van der Waals surface area contributed by atoms with E-state index in [1.54, 1.807) is 8.61 Å². The molecule has 0 atom stereocenters. The van der Waals surface area contributed by atoms with Crippen molar-refractivity contribution in [3.05, 3.63) is 0 Å². The van der Waals surface area contributed by atoms with E-state index >= 15 is 0 Å². The summed E-state index contributed by atoms with van der Waals surface area (Å²) in [5.41, 5.74) is 0. The molecule has 2 aliphatic rings. The quantitative estimate of drug-likeness (QED) is 0.658. The average Bonchev–Trinajstić information content (AvgIpc) is 3.29. The van der Waals surface area contributed by atoms with E-state index in [0.29, 0.717) is 31.5 Å².